The van der Waals surface area contributed by atoms with E-state index in [1.165, 1.54) is 18.3 Å². The van der Waals surface area contributed by atoms with Crippen LogP contribution in [0.3, 0.4) is 0 Å². The predicted octanol–water partition coefficient (Wildman–Crippen LogP) is 3.66. The molecule has 1 aliphatic carbocycles. The number of hydrogen-bond donors (Lipinski definition) is 2. The quantitative estimate of drug-likeness (QED) is 0.759. The van der Waals surface area contributed by atoms with Crippen molar-refractivity contribution in [3.8, 4) is 0 Å². The summed E-state index contributed by atoms with van der Waals surface area (Å²) < 4.78 is 0. The summed E-state index contributed by atoms with van der Waals surface area (Å²) in [5.41, 5.74) is 1.73. The van der Waals surface area contributed by atoms with Crippen LogP contribution < -0.4 is 10.6 Å². The molecule has 1 heterocycles. The molecule has 1 aromatic carbocycles. The Bertz CT molecular complexity index is 825. The van der Waals surface area contributed by atoms with Crippen molar-refractivity contribution >= 4 is 39.8 Å². The number of amides is 2. The van der Waals surface area contributed by atoms with Gasteiger partial charge in [0, 0.05) is 22.5 Å². The number of Topliss-reactive ketones (excluding diaryl/α,β-unsaturated/α-hetero) is 1. The molecule has 0 atom stereocenters. The minimum atomic E-state index is -0.218. The van der Waals surface area contributed by atoms with Gasteiger partial charge in [0.15, 0.2) is 10.9 Å². The topological polar surface area (TPSA) is 88.2 Å². The van der Waals surface area contributed by atoms with Gasteiger partial charge in [0.1, 0.15) is 0 Å². The Balaban J connectivity index is 1.55. The van der Waals surface area contributed by atoms with E-state index >= 15 is 0 Å². The molecule has 0 bridgehead atoms. The van der Waals surface area contributed by atoms with Crippen LogP contribution in [-0.4, -0.2) is 22.6 Å². The summed E-state index contributed by atoms with van der Waals surface area (Å²) in [5, 5.41) is 7.92. The predicted molar refractivity (Wildman–Crippen MR) is 101 cm³/mol. The van der Waals surface area contributed by atoms with Crippen LogP contribution in [0.5, 0.6) is 0 Å². The Kier molecular flexibility index (Phi) is 5.78. The Morgan fingerprint density at radius 3 is 2.69 bits per heavy atom. The van der Waals surface area contributed by atoms with Crippen LogP contribution in [0.15, 0.2) is 29.6 Å². The monoisotopic (exact) mass is 371 g/mol. The van der Waals surface area contributed by atoms with E-state index < -0.39 is 0 Å². The van der Waals surface area contributed by atoms with Crippen LogP contribution >= 0.6 is 11.3 Å². The maximum Gasteiger partial charge on any atom is 0.230 e. The van der Waals surface area contributed by atoms with Crippen molar-refractivity contribution < 1.29 is 14.4 Å². The lowest BCUT2D eigenvalue weighted by Crippen LogP contribution is -2.20. The van der Waals surface area contributed by atoms with Gasteiger partial charge in [-0.05, 0) is 31.9 Å². The first-order valence-corrected chi connectivity index (χ1v) is 9.55. The standard InChI is InChI=1S/C19H21N3O3S/c1-12(23)14-7-4-8-15(9-14)20-17(24)10-16-11-26-19(21-16)22-18(25)13-5-2-3-6-13/h4,7-9,11,13H,2-3,5-6,10H2,1H3,(H,20,24)(H,21,22,25). The highest BCUT2D eigenvalue weighted by molar-refractivity contribution is 7.13. The van der Waals surface area contributed by atoms with Gasteiger partial charge in [0.05, 0.1) is 12.1 Å². The number of aromatic nitrogens is 1. The Morgan fingerprint density at radius 2 is 1.96 bits per heavy atom. The lowest BCUT2D eigenvalue weighted by atomic mass is 10.1. The molecular weight excluding hydrogens is 350 g/mol. The summed E-state index contributed by atoms with van der Waals surface area (Å²) in [7, 11) is 0. The minimum Gasteiger partial charge on any atom is -0.326 e. The second kappa shape index (κ2) is 8.23. The van der Waals surface area contributed by atoms with E-state index in [1.807, 2.05) is 0 Å². The number of rotatable bonds is 6. The van der Waals surface area contributed by atoms with Crippen LogP contribution in [0.4, 0.5) is 10.8 Å². The zero-order chi connectivity index (χ0) is 18.5. The number of hydrogen-bond acceptors (Lipinski definition) is 5. The lowest BCUT2D eigenvalue weighted by Gasteiger charge is -2.07. The second-order valence-corrected chi connectivity index (χ2v) is 7.33. The zero-order valence-electron chi connectivity index (χ0n) is 14.6. The van der Waals surface area contributed by atoms with Crippen molar-refractivity contribution in [2.45, 2.75) is 39.0 Å². The smallest absolute Gasteiger partial charge is 0.230 e. The van der Waals surface area contributed by atoms with Crippen molar-refractivity contribution in [1.82, 2.24) is 4.98 Å². The van der Waals surface area contributed by atoms with Gasteiger partial charge in [-0.2, -0.15) is 0 Å². The molecule has 2 amide bonds. The lowest BCUT2D eigenvalue weighted by molar-refractivity contribution is -0.119. The summed E-state index contributed by atoms with van der Waals surface area (Å²) >= 11 is 1.32. The summed E-state index contributed by atoms with van der Waals surface area (Å²) in [6.45, 7) is 1.48. The zero-order valence-corrected chi connectivity index (χ0v) is 15.4. The van der Waals surface area contributed by atoms with Gasteiger partial charge in [-0.1, -0.05) is 25.0 Å². The fourth-order valence-corrected chi connectivity index (χ4v) is 3.74. The minimum absolute atomic E-state index is 0.0221. The molecule has 7 heteroatoms. The molecule has 1 fully saturated rings. The van der Waals surface area contributed by atoms with Gasteiger partial charge < -0.3 is 10.6 Å². The Morgan fingerprint density at radius 1 is 1.19 bits per heavy atom. The van der Waals surface area contributed by atoms with Gasteiger partial charge >= 0.3 is 0 Å². The molecule has 136 valence electrons. The molecule has 1 aromatic heterocycles. The number of nitrogens with one attached hydrogen (secondary N) is 2. The number of anilines is 2. The molecule has 26 heavy (non-hydrogen) atoms. The molecule has 0 unspecified atom stereocenters. The summed E-state index contributed by atoms with van der Waals surface area (Å²) in [4.78, 5) is 40.0. The molecule has 1 aliphatic rings. The first-order valence-electron chi connectivity index (χ1n) is 8.67. The van der Waals surface area contributed by atoms with Crippen LogP contribution in [0.1, 0.15) is 48.7 Å². The van der Waals surface area contributed by atoms with E-state index in [0.717, 1.165) is 25.7 Å². The van der Waals surface area contributed by atoms with E-state index in [2.05, 4.69) is 15.6 Å². The Labute approximate surface area is 156 Å². The van der Waals surface area contributed by atoms with E-state index in [-0.39, 0.29) is 29.9 Å². The molecule has 0 spiro atoms. The number of thiazole rings is 1. The molecule has 0 aliphatic heterocycles. The van der Waals surface area contributed by atoms with Gasteiger partial charge in [0.2, 0.25) is 11.8 Å². The van der Waals surface area contributed by atoms with Crippen LogP contribution in [0.25, 0.3) is 0 Å². The summed E-state index contributed by atoms with van der Waals surface area (Å²) in [6.07, 6.45) is 4.19. The van der Waals surface area contributed by atoms with Crippen molar-refractivity contribution in [3.63, 3.8) is 0 Å². The Hall–Kier alpha value is -2.54. The van der Waals surface area contributed by atoms with Crippen LogP contribution in [0.2, 0.25) is 0 Å². The first kappa shape index (κ1) is 18.3. The first-order chi connectivity index (χ1) is 12.5. The van der Waals surface area contributed by atoms with Crippen molar-refractivity contribution in [2.75, 3.05) is 10.6 Å². The fourth-order valence-electron chi connectivity index (χ4n) is 3.03. The molecule has 2 N–H and O–H groups in total. The van der Waals surface area contributed by atoms with Gasteiger partial charge in [-0.15, -0.1) is 11.3 Å². The maximum atomic E-state index is 12.2. The average molecular weight is 371 g/mol. The largest absolute Gasteiger partial charge is 0.326 e. The van der Waals surface area contributed by atoms with E-state index in [1.54, 1.807) is 29.6 Å². The normalized spacial score (nSPS) is 14.2. The number of carbonyl (C=O) groups is 3. The summed E-state index contributed by atoms with van der Waals surface area (Å²) in [5.74, 6) is -0.166. The third kappa shape index (κ3) is 4.76. The van der Waals surface area contributed by atoms with Gasteiger partial charge in [0.25, 0.3) is 0 Å². The molecule has 0 radical (unpaired) electrons. The van der Waals surface area contributed by atoms with Gasteiger partial charge in [-0.25, -0.2) is 4.98 Å². The van der Waals surface area contributed by atoms with Crippen LogP contribution in [0, 0.1) is 5.92 Å². The van der Waals surface area contributed by atoms with E-state index in [0.29, 0.717) is 22.1 Å². The highest BCUT2D eigenvalue weighted by Gasteiger charge is 2.23. The number of benzene rings is 1. The molecule has 3 rings (SSSR count). The number of carbonyl (C=O) groups excluding carboxylic acids is 3. The van der Waals surface area contributed by atoms with Gasteiger partial charge in [-0.3, -0.25) is 14.4 Å². The molecule has 1 saturated carbocycles. The van der Waals surface area contributed by atoms with E-state index in [9.17, 15) is 14.4 Å². The SMILES string of the molecule is CC(=O)c1cccc(NC(=O)Cc2csc(NC(=O)C3CCCC3)n2)c1. The fraction of sp³-hybridized carbons (Fsp3) is 0.368. The van der Waals surface area contributed by atoms with Crippen molar-refractivity contribution in [2.24, 2.45) is 5.92 Å². The molecule has 0 saturated heterocycles. The number of ketones is 1. The third-order valence-corrected chi connectivity index (χ3v) is 5.21. The highest BCUT2D eigenvalue weighted by atomic mass is 32.1. The van der Waals surface area contributed by atoms with Crippen molar-refractivity contribution in [3.05, 3.63) is 40.9 Å². The number of nitrogens with zero attached hydrogens (tertiary/aromatic N) is 1. The third-order valence-electron chi connectivity index (χ3n) is 4.40. The summed E-state index contributed by atoms with van der Waals surface area (Å²) in [6, 6.07) is 6.82. The molecular formula is C19H21N3O3S. The highest BCUT2D eigenvalue weighted by Crippen LogP contribution is 2.26. The molecule has 2 aromatic rings. The molecule has 6 nitrogen and oxygen atoms in total. The van der Waals surface area contributed by atoms with E-state index in [4.69, 9.17) is 0 Å². The maximum absolute atomic E-state index is 12.2. The van der Waals surface area contributed by atoms with Crippen molar-refractivity contribution in [1.29, 1.82) is 0 Å². The van der Waals surface area contributed by atoms with Crippen LogP contribution in [-0.2, 0) is 16.0 Å². The second-order valence-electron chi connectivity index (χ2n) is 6.48. The average Bonchev–Trinajstić information content (AvgIpc) is 3.27.